The molecule has 0 saturated heterocycles. The normalized spacial score (nSPS) is 16.4. The van der Waals surface area contributed by atoms with E-state index in [9.17, 15) is 0 Å². The van der Waals surface area contributed by atoms with Gasteiger partial charge >= 0.3 is 0 Å². The number of hydrogen-bond donors (Lipinski definition) is 0. The summed E-state index contributed by atoms with van der Waals surface area (Å²) in [6, 6.07) is 0. The van der Waals surface area contributed by atoms with Crippen molar-refractivity contribution in [2.75, 3.05) is 27.4 Å². The van der Waals surface area contributed by atoms with Crippen molar-refractivity contribution < 1.29 is 4.52 Å². The van der Waals surface area contributed by atoms with Crippen molar-refractivity contribution in [2.24, 2.45) is 0 Å². The zero-order valence-corrected chi connectivity index (χ0v) is 10.3. The van der Waals surface area contributed by atoms with Crippen molar-refractivity contribution in [3.05, 3.63) is 0 Å². The van der Waals surface area contributed by atoms with Gasteiger partial charge in [0, 0.05) is 6.66 Å². The molecule has 0 radical (unpaired) electrons. The SMILES string of the molecule is CCCCCOP(C)(=S)N(C)C. The molecule has 0 rings (SSSR count). The highest BCUT2D eigenvalue weighted by Gasteiger charge is 2.12. The van der Waals surface area contributed by atoms with Crippen LogP contribution in [0.5, 0.6) is 0 Å². The Morgan fingerprint density at radius 3 is 2.33 bits per heavy atom. The number of hydrogen-bond acceptors (Lipinski definition) is 2. The van der Waals surface area contributed by atoms with Gasteiger partial charge < -0.3 is 4.52 Å². The molecule has 0 fully saturated rings. The van der Waals surface area contributed by atoms with Crippen LogP contribution < -0.4 is 0 Å². The fraction of sp³-hybridized carbons (Fsp3) is 1.00. The molecule has 12 heavy (non-hydrogen) atoms. The summed E-state index contributed by atoms with van der Waals surface area (Å²) in [5.74, 6) is 0. The quantitative estimate of drug-likeness (QED) is 0.493. The highest BCUT2D eigenvalue weighted by atomic mass is 32.4. The molecule has 74 valence electrons. The van der Waals surface area contributed by atoms with Gasteiger partial charge in [-0.2, -0.15) is 0 Å². The number of rotatable bonds is 6. The molecule has 0 amide bonds. The van der Waals surface area contributed by atoms with Crippen LogP contribution in [0, 0.1) is 0 Å². The van der Waals surface area contributed by atoms with E-state index in [2.05, 4.69) is 6.92 Å². The van der Waals surface area contributed by atoms with Gasteiger partial charge in [0.05, 0.1) is 6.61 Å². The second-order valence-corrected chi connectivity index (χ2v) is 7.89. The fourth-order valence-corrected chi connectivity index (χ4v) is 1.62. The zero-order valence-electron chi connectivity index (χ0n) is 8.54. The minimum atomic E-state index is -1.64. The summed E-state index contributed by atoms with van der Waals surface area (Å²) in [4.78, 5) is 0. The van der Waals surface area contributed by atoms with E-state index < -0.39 is 6.42 Å². The monoisotopic (exact) mass is 209 g/mol. The van der Waals surface area contributed by atoms with Crippen LogP contribution in [-0.4, -0.2) is 32.0 Å². The molecule has 0 N–H and O–H groups in total. The molecule has 4 heteroatoms. The molecule has 0 bridgehead atoms. The molecule has 0 aromatic rings. The fourth-order valence-electron chi connectivity index (χ4n) is 0.701. The average Bonchev–Trinajstić information content (AvgIpc) is 1.98. The maximum absolute atomic E-state index is 5.64. The smallest absolute Gasteiger partial charge is 0.128 e. The molecule has 0 aliphatic rings. The maximum atomic E-state index is 5.64. The van der Waals surface area contributed by atoms with Crippen LogP contribution >= 0.6 is 6.42 Å². The molecule has 0 saturated carbocycles. The van der Waals surface area contributed by atoms with Gasteiger partial charge in [-0.1, -0.05) is 31.6 Å². The van der Waals surface area contributed by atoms with Crippen LogP contribution in [0.25, 0.3) is 0 Å². The van der Waals surface area contributed by atoms with Gasteiger partial charge in [0.2, 0.25) is 0 Å². The summed E-state index contributed by atoms with van der Waals surface area (Å²) in [5.41, 5.74) is 0. The Hall–Kier alpha value is 0.570. The Morgan fingerprint density at radius 1 is 1.33 bits per heavy atom. The highest BCUT2D eigenvalue weighted by molar-refractivity contribution is 8.10. The summed E-state index contributed by atoms with van der Waals surface area (Å²) >= 11 is 5.33. The van der Waals surface area contributed by atoms with Gasteiger partial charge in [-0.15, -0.1) is 0 Å². The third kappa shape index (κ3) is 5.26. The molecule has 1 unspecified atom stereocenters. The first-order valence-corrected chi connectivity index (χ1v) is 7.52. The minimum Gasteiger partial charge on any atom is -0.338 e. The van der Waals surface area contributed by atoms with Gasteiger partial charge in [0.1, 0.15) is 6.42 Å². The predicted octanol–water partition coefficient (Wildman–Crippen LogP) is 2.69. The molecule has 0 spiro atoms. The molecule has 0 aromatic carbocycles. The van der Waals surface area contributed by atoms with Crippen molar-refractivity contribution in [1.29, 1.82) is 0 Å². The van der Waals surface area contributed by atoms with Gasteiger partial charge in [-0.25, -0.2) is 0 Å². The first-order chi connectivity index (χ1) is 5.50. The lowest BCUT2D eigenvalue weighted by molar-refractivity contribution is 0.317. The molecule has 1 atom stereocenters. The Bertz CT molecular complexity index is 161. The summed E-state index contributed by atoms with van der Waals surface area (Å²) in [5, 5.41) is 0. The predicted molar refractivity (Wildman–Crippen MR) is 59.4 cm³/mol. The average molecular weight is 209 g/mol. The van der Waals surface area contributed by atoms with E-state index in [0.29, 0.717) is 0 Å². The lowest BCUT2D eigenvalue weighted by atomic mass is 10.3. The summed E-state index contributed by atoms with van der Waals surface area (Å²) in [6.07, 6.45) is 1.97. The highest BCUT2D eigenvalue weighted by Crippen LogP contribution is 2.44. The van der Waals surface area contributed by atoms with Crippen LogP contribution in [0.15, 0.2) is 0 Å². The molecular formula is C8H20NOPS. The van der Waals surface area contributed by atoms with Crippen molar-refractivity contribution in [3.63, 3.8) is 0 Å². The van der Waals surface area contributed by atoms with E-state index in [1.807, 2.05) is 25.4 Å². The van der Waals surface area contributed by atoms with Crippen molar-refractivity contribution in [1.82, 2.24) is 4.67 Å². The molecular weight excluding hydrogens is 189 g/mol. The van der Waals surface area contributed by atoms with E-state index >= 15 is 0 Å². The third-order valence-corrected chi connectivity index (χ3v) is 5.22. The lowest BCUT2D eigenvalue weighted by Crippen LogP contribution is -2.09. The van der Waals surface area contributed by atoms with Crippen LogP contribution in [0.2, 0.25) is 0 Å². The van der Waals surface area contributed by atoms with Gasteiger partial charge in [-0.3, -0.25) is 4.67 Å². The Kier molecular flexibility index (Phi) is 6.38. The van der Waals surface area contributed by atoms with Gasteiger partial charge in [-0.05, 0) is 20.5 Å². The standard InChI is InChI=1S/C8H20NOPS/c1-5-6-7-8-10-11(4,12)9(2)3/h5-8H2,1-4H3. The lowest BCUT2D eigenvalue weighted by Gasteiger charge is -2.24. The van der Waals surface area contributed by atoms with Crippen molar-refractivity contribution in [2.45, 2.75) is 26.2 Å². The molecule has 2 nitrogen and oxygen atoms in total. The molecule has 0 aliphatic heterocycles. The van der Waals surface area contributed by atoms with Crippen LogP contribution in [-0.2, 0) is 16.3 Å². The summed E-state index contributed by atoms with van der Waals surface area (Å²) in [6.45, 7) is 5.03. The van der Waals surface area contributed by atoms with Crippen LogP contribution in [0.3, 0.4) is 0 Å². The van der Waals surface area contributed by atoms with E-state index in [1.165, 1.54) is 12.8 Å². The molecule has 0 aliphatic carbocycles. The zero-order chi connectivity index (χ0) is 9.61. The Morgan fingerprint density at radius 2 is 1.92 bits per heavy atom. The van der Waals surface area contributed by atoms with Crippen LogP contribution in [0.1, 0.15) is 26.2 Å². The van der Waals surface area contributed by atoms with E-state index in [-0.39, 0.29) is 0 Å². The molecule has 0 aromatic heterocycles. The topological polar surface area (TPSA) is 12.5 Å². The Labute approximate surface area is 81.4 Å². The van der Waals surface area contributed by atoms with Gasteiger partial charge in [0.25, 0.3) is 0 Å². The molecule has 0 heterocycles. The summed E-state index contributed by atoms with van der Waals surface area (Å²) in [7, 11) is 3.97. The maximum Gasteiger partial charge on any atom is 0.128 e. The second-order valence-electron chi connectivity index (χ2n) is 3.19. The number of unbranched alkanes of at least 4 members (excludes halogenated alkanes) is 2. The minimum absolute atomic E-state index is 0.819. The first-order valence-electron chi connectivity index (χ1n) is 4.40. The number of nitrogens with zero attached hydrogens (tertiary/aromatic N) is 1. The van der Waals surface area contributed by atoms with E-state index in [1.54, 1.807) is 0 Å². The van der Waals surface area contributed by atoms with Crippen molar-refractivity contribution in [3.8, 4) is 0 Å². The van der Waals surface area contributed by atoms with Crippen molar-refractivity contribution >= 4 is 18.2 Å². The third-order valence-electron chi connectivity index (χ3n) is 1.81. The van der Waals surface area contributed by atoms with Gasteiger partial charge in [0.15, 0.2) is 0 Å². The second kappa shape index (κ2) is 6.09. The van der Waals surface area contributed by atoms with E-state index in [0.717, 1.165) is 13.0 Å². The largest absolute Gasteiger partial charge is 0.338 e. The first kappa shape index (κ1) is 12.6. The van der Waals surface area contributed by atoms with Crippen LogP contribution in [0.4, 0.5) is 0 Å². The van der Waals surface area contributed by atoms with E-state index in [4.69, 9.17) is 16.3 Å². The Balaban J connectivity index is 3.55. The summed E-state index contributed by atoms with van der Waals surface area (Å²) < 4.78 is 7.67.